The molecular weight excluding hydrogens is 304 g/mol. The number of nitrogens with zero attached hydrogens (tertiary/aromatic N) is 3. The Morgan fingerprint density at radius 2 is 1.86 bits per heavy atom. The summed E-state index contributed by atoms with van der Waals surface area (Å²) in [6.45, 7) is 9.14. The van der Waals surface area contributed by atoms with E-state index in [0.29, 0.717) is 18.0 Å². The van der Waals surface area contributed by atoms with Gasteiger partial charge in [-0.15, -0.1) is 0 Å². The van der Waals surface area contributed by atoms with Gasteiger partial charge in [0, 0.05) is 32.7 Å². The number of aromatic nitrogens is 1. The van der Waals surface area contributed by atoms with Crippen LogP contribution in [0.4, 0.5) is 0 Å². The monoisotopic (exact) mass is 330 g/mol. The lowest BCUT2D eigenvalue weighted by atomic mass is 10.2. The van der Waals surface area contributed by atoms with Gasteiger partial charge in [-0.3, -0.25) is 0 Å². The molecule has 1 fully saturated rings. The number of hydrogen-bond acceptors (Lipinski definition) is 6. The number of nitrogens with one attached hydrogen (secondary N) is 1. The highest BCUT2D eigenvalue weighted by atomic mass is 32.2. The van der Waals surface area contributed by atoms with Crippen LogP contribution in [0.3, 0.4) is 0 Å². The molecule has 7 nitrogen and oxygen atoms in total. The third kappa shape index (κ3) is 4.52. The maximum absolute atomic E-state index is 12.2. The topological polar surface area (TPSA) is 78.7 Å². The third-order valence-corrected chi connectivity index (χ3v) is 5.73. The molecule has 1 aliphatic rings. The van der Waals surface area contributed by atoms with Crippen molar-refractivity contribution in [1.82, 2.24) is 19.7 Å². The second-order valence-corrected chi connectivity index (χ2v) is 7.61. The Morgan fingerprint density at radius 1 is 1.18 bits per heavy atom. The molecule has 1 aliphatic heterocycles. The minimum Gasteiger partial charge on any atom is -0.360 e. The molecule has 2 heterocycles. The maximum atomic E-state index is 12.2. The van der Waals surface area contributed by atoms with Gasteiger partial charge in [-0.2, -0.15) is 0 Å². The predicted octanol–water partition coefficient (Wildman–Crippen LogP) is 0.597. The molecule has 0 amide bonds. The van der Waals surface area contributed by atoms with Crippen molar-refractivity contribution in [2.24, 2.45) is 0 Å². The molecule has 0 bridgehead atoms. The van der Waals surface area contributed by atoms with Gasteiger partial charge >= 0.3 is 0 Å². The summed E-state index contributed by atoms with van der Waals surface area (Å²) in [4.78, 5) is 4.93. The molecule has 8 heteroatoms. The molecule has 0 aliphatic carbocycles. The molecule has 0 spiro atoms. The average molecular weight is 330 g/mol. The number of aryl methyl sites for hydroxylation is 2. The van der Waals surface area contributed by atoms with E-state index < -0.39 is 10.0 Å². The minimum absolute atomic E-state index is 0.173. The molecule has 0 saturated carbocycles. The van der Waals surface area contributed by atoms with E-state index in [-0.39, 0.29) is 4.90 Å². The Morgan fingerprint density at radius 3 is 2.45 bits per heavy atom. The van der Waals surface area contributed by atoms with Crippen LogP contribution in [0.5, 0.6) is 0 Å². The van der Waals surface area contributed by atoms with E-state index in [0.717, 1.165) is 45.6 Å². The van der Waals surface area contributed by atoms with Gasteiger partial charge in [0.15, 0.2) is 5.76 Å². The quantitative estimate of drug-likeness (QED) is 0.738. The molecule has 126 valence electrons. The minimum atomic E-state index is -3.52. The SMILES string of the molecule is Cc1noc(C)c1S(=O)(=O)NCCCCN1CCN(C)CC1. The summed E-state index contributed by atoms with van der Waals surface area (Å²) in [5.74, 6) is 0.336. The molecule has 1 aromatic heterocycles. The summed E-state index contributed by atoms with van der Waals surface area (Å²) >= 11 is 0. The lowest BCUT2D eigenvalue weighted by Crippen LogP contribution is -2.44. The Bertz CT molecular complexity index is 557. The van der Waals surface area contributed by atoms with Crippen molar-refractivity contribution in [3.8, 4) is 0 Å². The number of sulfonamides is 1. The summed E-state index contributed by atoms with van der Waals surface area (Å²) in [7, 11) is -1.38. The van der Waals surface area contributed by atoms with Crippen molar-refractivity contribution in [3.05, 3.63) is 11.5 Å². The molecule has 1 aromatic rings. The van der Waals surface area contributed by atoms with Gasteiger partial charge in [-0.1, -0.05) is 5.16 Å². The van der Waals surface area contributed by atoms with E-state index in [1.54, 1.807) is 13.8 Å². The zero-order chi connectivity index (χ0) is 16.2. The Labute approximate surface area is 132 Å². The standard InChI is InChI=1S/C14H26N4O3S/c1-12-14(13(2)21-16-12)22(19,20)15-6-4-5-7-18-10-8-17(3)9-11-18/h15H,4-11H2,1-3H3. The number of rotatable bonds is 7. The number of likely N-dealkylation sites (N-methyl/N-ethyl adjacent to an activating group) is 1. The molecule has 0 atom stereocenters. The number of piperazine rings is 1. The normalized spacial score (nSPS) is 18.0. The molecule has 0 unspecified atom stereocenters. The van der Waals surface area contributed by atoms with Crippen LogP contribution < -0.4 is 4.72 Å². The summed E-state index contributed by atoms with van der Waals surface area (Å²) in [5.41, 5.74) is 0.405. The highest BCUT2D eigenvalue weighted by Crippen LogP contribution is 2.18. The van der Waals surface area contributed by atoms with Crippen LogP contribution in [0.15, 0.2) is 9.42 Å². The predicted molar refractivity (Wildman–Crippen MR) is 84.3 cm³/mol. The fourth-order valence-electron chi connectivity index (χ4n) is 2.67. The van der Waals surface area contributed by atoms with Crippen molar-refractivity contribution in [3.63, 3.8) is 0 Å². The van der Waals surface area contributed by atoms with E-state index in [2.05, 4.69) is 26.7 Å². The fourth-order valence-corrected chi connectivity index (χ4v) is 4.07. The van der Waals surface area contributed by atoms with Gasteiger partial charge < -0.3 is 14.3 Å². The lowest BCUT2D eigenvalue weighted by Gasteiger charge is -2.32. The molecule has 2 rings (SSSR count). The van der Waals surface area contributed by atoms with Crippen molar-refractivity contribution in [1.29, 1.82) is 0 Å². The fraction of sp³-hybridized carbons (Fsp3) is 0.786. The van der Waals surface area contributed by atoms with Gasteiger partial charge in [0.1, 0.15) is 10.6 Å². The van der Waals surface area contributed by atoms with E-state index in [4.69, 9.17) is 4.52 Å². The highest BCUT2D eigenvalue weighted by Gasteiger charge is 2.23. The molecule has 1 saturated heterocycles. The van der Waals surface area contributed by atoms with Crippen LogP contribution in [-0.2, 0) is 10.0 Å². The first-order valence-electron chi connectivity index (χ1n) is 7.73. The first kappa shape index (κ1) is 17.4. The van der Waals surface area contributed by atoms with E-state index in [9.17, 15) is 8.42 Å². The van der Waals surface area contributed by atoms with Crippen LogP contribution in [0.25, 0.3) is 0 Å². The van der Waals surface area contributed by atoms with Crippen molar-refractivity contribution in [2.75, 3.05) is 46.3 Å². The molecule has 1 N–H and O–H groups in total. The van der Waals surface area contributed by atoms with E-state index in [1.165, 1.54) is 0 Å². The second kappa shape index (κ2) is 7.54. The van der Waals surface area contributed by atoms with Crippen LogP contribution in [0, 0.1) is 13.8 Å². The van der Waals surface area contributed by atoms with Gasteiger partial charge in [-0.25, -0.2) is 13.1 Å². The summed E-state index contributed by atoms with van der Waals surface area (Å²) < 4.78 is 32.0. The first-order valence-corrected chi connectivity index (χ1v) is 9.22. The van der Waals surface area contributed by atoms with E-state index in [1.807, 2.05) is 0 Å². The van der Waals surface area contributed by atoms with Crippen LogP contribution in [0.2, 0.25) is 0 Å². The van der Waals surface area contributed by atoms with Gasteiger partial charge in [0.2, 0.25) is 10.0 Å². The second-order valence-electron chi connectivity index (χ2n) is 5.90. The van der Waals surface area contributed by atoms with Crippen LogP contribution in [-0.4, -0.2) is 69.7 Å². The van der Waals surface area contributed by atoms with Crippen LogP contribution in [0.1, 0.15) is 24.3 Å². The Balaban J connectivity index is 1.70. The summed E-state index contributed by atoms with van der Waals surface area (Å²) in [5, 5.41) is 3.69. The van der Waals surface area contributed by atoms with Gasteiger partial charge in [0.25, 0.3) is 0 Å². The zero-order valence-corrected chi connectivity index (χ0v) is 14.4. The zero-order valence-electron chi connectivity index (χ0n) is 13.6. The molecule has 0 radical (unpaired) electrons. The molecular formula is C14H26N4O3S. The van der Waals surface area contributed by atoms with Crippen molar-refractivity contribution >= 4 is 10.0 Å². The lowest BCUT2D eigenvalue weighted by molar-refractivity contribution is 0.152. The van der Waals surface area contributed by atoms with E-state index >= 15 is 0 Å². The Kier molecular flexibility index (Phi) is 5.96. The summed E-state index contributed by atoms with van der Waals surface area (Å²) in [6, 6.07) is 0. The smallest absolute Gasteiger partial charge is 0.245 e. The van der Waals surface area contributed by atoms with Gasteiger partial charge in [-0.05, 0) is 40.3 Å². The summed E-state index contributed by atoms with van der Waals surface area (Å²) in [6.07, 6.45) is 1.82. The molecule has 22 heavy (non-hydrogen) atoms. The number of unbranched alkanes of at least 4 members (excludes halogenated alkanes) is 1. The highest BCUT2D eigenvalue weighted by molar-refractivity contribution is 7.89. The van der Waals surface area contributed by atoms with Crippen molar-refractivity contribution < 1.29 is 12.9 Å². The molecule has 0 aromatic carbocycles. The third-order valence-electron chi connectivity index (χ3n) is 4.03. The van der Waals surface area contributed by atoms with Crippen molar-refractivity contribution in [2.45, 2.75) is 31.6 Å². The Hall–Kier alpha value is -0.960. The largest absolute Gasteiger partial charge is 0.360 e. The average Bonchev–Trinajstić information content (AvgIpc) is 2.80. The first-order chi connectivity index (χ1) is 10.4. The van der Waals surface area contributed by atoms with Gasteiger partial charge in [0.05, 0.1) is 0 Å². The number of hydrogen-bond donors (Lipinski definition) is 1. The maximum Gasteiger partial charge on any atom is 0.245 e. The van der Waals surface area contributed by atoms with Crippen LogP contribution >= 0.6 is 0 Å².